The van der Waals surface area contributed by atoms with Gasteiger partial charge in [0.1, 0.15) is 34.7 Å². The first-order chi connectivity index (χ1) is 17.3. The van der Waals surface area contributed by atoms with E-state index in [-0.39, 0.29) is 29.7 Å². The number of nitrogen functional groups attached to an aromatic ring is 2. The molecule has 9 heteroatoms. The van der Waals surface area contributed by atoms with Crippen molar-refractivity contribution in [2.24, 2.45) is 17.2 Å². The Kier molecular flexibility index (Phi) is 7.50. The Morgan fingerprint density at radius 1 is 0.694 bits per heavy atom. The second kappa shape index (κ2) is 10.9. The minimum absolute atomic E-state index is 0.0321. The fraction of sp³-hybridized carbons (Fsp3) is 0.222. The molecule has 0 unspecified atom stereocenters. The van der Waals surface area contributed by atoms with E-state index in [9.17, 15) is 4.79 Å². The van der Waals surface area contributed by atoms with Gasteiger partial charge in [0.25, 0.3) is 5.91 Å². The molecule has 0 atom stereocenters. The summed E-state index contributed by atoms with van der Waals surface area (Å²) in [7, 11) is 0. The molecule has 0 saturated heterocycles. The molecule has 186 valence electrons. The Balaban J connectivity index is 1.58. The van der Waals surface area contributed by atoms with Gasteiger partial charge in [-0.15, -0.1) is 0 Å². The molecule has 9 N–H and O–H groups in total. The van der Waals surface area contributed by atoms with Gasteiger partial charge >= 0.3 is 0 Å². The van der Waals surface area contributed by atoms with Gasteiger partial charge in [0, 0.05) is 34.8 Å². The minimum atomic E-state index is -0.218. The second-order valence-electron chi connectivity index (χ2n) is 8.86. The molecule has 0 heterocycles. The highest BCUT2D eigenvalue weighted by Crippen LogP contribution is 2.31. The maximum absolute atomic E-state index is 13.1. The number of rotatable bonds is 8. The van der Waals surface area contributed by atoms with Crippen molar-refractivity contribution < 1.29 is 14.3 Å². The zero-order chi connectivity index (χ0) is 25.7. The number of nitrogens with two attached hydrogens (primary N) is 3. The average Bonchev–Trinajstić information content (AvgIpc) is 2.86. The highest BCUT2D eigenvalue weighted by Gasteiger charge is 2.21. The van der Waals surface area contributed by atoms with Gasteiger partial charge in [0.2, 0.25) is 0 Å². The number of benzene rings is 3. The molecule has 3 aromatic carbocycles. The molecule has 0 spiro atoms. The zero-order valence-electron chi connectivity index (χ0n) is 19.8. The predicted molar refractivity (Wildman–Crippen MR) is 139 cm³/mol. The molecular formula is C27H30N6O3. The van der Waals surface area contributed by atoms with E-state index in [0.717, 1.165) is 25.7 Å². The van der Waals surface area contributed by atoms with Gasteiger partial charge in [0.05, 0.1) is 0 Å². The Labute approximate surface area is 209 Å². The summed E-state index contributed by atoms with van der Waals surface area (Å²) in [4.78, 5) is 13.1. The van der Waals surface area contributed by atoms with Gasteiger partial charge in [-0.3, -0.25) is 15.6 Å². The largest absolute Gasteiger partial charge is 0.457 e. The minimum Gasteiger partial charge on any atom is -0.457 e. The standard InChI is InChI=1S/C27H30N6O3/c28-19-5-7-20(8-6-19)33-27(34)18-13-23(35-21-9-1-16(2-10-21)25(29)30)15-24(14-18)36-22-11-3-17(4-12-22)26(31)32/h1-4,9-15,19-20H,5-8,28H2,(H3,29,30)(H3,31,32)(H,33,34). The number of amides is 1. The third-order valence-electron chi connectivity index (χ3n) is 6.05. The summed E-state index contributed by atoms with van der Waals surface area (Å²) in [5.41, 5.74) is 18.6. The van der Waals surface area contributed by atoms with E-state index in [4.69, 9.17) is 37.5 Å². The molecule has 1 saturated carbocycles. The van der Waals surface area contributed by atoms with Crippen molar-refractivity contribution in [1.29, 1.82) is 10.8 Å². The van der Waals surface area contributed by atoms with Gasteiger partial charge in [0.15, 0.2) is 0 Å². The van der Waals surface area contributed by atoms with E-state index in [1.165, 1.54) is 0 Å². The van der Waals surface area contributed by atoms with Crippen molar-refractivity contribution >= 4 is 17.6 Å². The third-order valence-corrected chi connectivity index (χ3v) is 6.05. The van der Waals surface area contributed by atoms with Gasteiger partial charge < -0.3 is 32.0 Å². The number of ether oxygens (including phenoxy) is 2. The van der Waals surface area contributed by atoms with E-state index >= 15 is 0 Å². The van der Waals surface area contributed by atoms with Crippen LogP contribution in [0.25, 0.3) is 0 Å². The molecule has 1 aliphatic rings. The zero-order valence-corrected chi connectivity index (χ0v) is 19.8. The van der Waals surface area contributed by atoms with Crippen molar-refractivity contribution in [3.63, 3.8) is 0 Å². The lowest BCUT2D eigenvalue weighted by molar-refractivity contribution is 0.0925. The van der Waals surface area contributed by atoms with Crippen LogP contribution in [0.1, 0.15) is 47.2 Å². The van der Waals surface area contributed by atoms with E-state index < -0.39 is 0 Å². The smallest absolute Gasteiger partial charge is 0.251 e. The van der Waals surface area contributed by atoms with E-state index in [2.05, 4.69) is 5.32 Å². The molecule has 4 rings (SSSR count). The first-order valence-electron chi connectivity index (χ1n) is 11.7. The normalized spacial score (nSPS) is 17.1. The van der Waals surface area contributed by atoms with Gasteiger partial charge in [-0.05, 0) is 86.3 Å². The lowest BCUT2D eigenvalue weighted by Gasteiger charge is -2.26. The van der Waals surface area contributed by atoms with Crippen LogP contribution in [0.2, 0.25) is 0 Å². The Bertz CT molecular complexity index is 1170. The number of amidine groups is 2. The summed E-state index contributed by atoms with van der Waals surface area (Å²) in [5.74, 6) is 1.60. The highest BCUT2D eigenvalue weighted by molar-refractivity contribution is 5.96. The van der Waals surface area contributed by atoms with E-state index in [1.807, 2.05) is 0 Å². The van der Waals surface area contributed by atoms with Crippen LogP contribution in [-0.2, 0) is 0 Å². The third kappa shape index (κ3) is 6.39. The molecular weight excluding hydrogens is 456 g/mol. The molecule has 0 bridgehead atoms. The van der Waals surface area contributed by atoms with E-state index in [1.54, 1.807) is 66.7 Å². The molecule has 3 aromatic rings. The first-order valence-corrected chi connectivity index (χ1v) is 11.7. The summed E-state index contributed by atoms with van der Waals surface area (Å²) in [6, 6.07) is 18.9. The summed E-state index contributed by atoms with van der Waals surface area (Å²) in [5, 5.41) is 18.2. The van der Waals surface area contributed by atoms with Crippen LogP contribution in [0.4, 0.5) is 0 Å². The van der Waals surface area contributed by atoms with Crippen LogP contribution < -0.4 is 32.0 Å². The number of carbonyl (C=O) groups excluding carboxylic acids is 1. The van der Waals surface area contributed by atoms with Crippen molar-refractivity contribution in [2.75, 3.05) is 0 Å². The van der Waals surface area contributed by atoms with Crippen LogP contribution in [0.15, 0.2) is 66.7 Å². The van der Waals surface area contributed by atoms with Crippen LogP contribution >= 0.6 is 0 Å². The maximum atomic E-state index is 13.1. The quantitative estimate of drug-likeness (QED) is 0.208. The SMILES string of the molecule is N=C(N)c1ccc(Oc2cc(Oc3ccc(C(=N)N)cc3)cc(C(=O)NC3CCC(N)CC3)c2)cc1. The molecule has 36 heavy (non-hydrogen) atoms. The van der Waals surface area contributed by atoms with Crippen molar-refractivity contribution in [2.45, 2.75) is 37.8 Å². The lowest BCUT2D eigenvalue weighted by Crippen LogP contribution is -2.40. The number of nitrogens with one attached hydrogen (secondary N) is 3. The van der Waals surface area contributed by atoms with E-state index in [0.29, 0.717) is 39.7 Å². The molecule has 0 aromatic heterocycles. The van der Waals surface area contributed by atoms with Crippen molar-refractivity contribution in [3.05, 3.63) is 83.4 Å². The van der Waals surface area contributed by atoms with Gasteiger partial charge in [-0.25, -0.2) is 0 Å². The van der Waals surface area contributed by atoms with Crippen LogP contribution in [0.3, 0.4) is 0 Å². The van der Waals surface area contributed by atoms with Gasteiger partial charge in [-0.1, -0.05) is 0 Å². The van der Waals surface area contributed by atoms with Crippen molar-refractivity contribution in [3.8, 4) is 23.0 Å². The molecule has 1 aliphatic carbocycles. The van der Waals surface area contributed by atoms with Crippen LogP contribution in [0.5, 0.6) is 23.0 Å². The lowest BCUT2D eigenvalue weighted by atomic mass is 9.91. The van der Waals surface area contributed by atoms with Crippen molar-refractivity contribution in [1.82, 2.24) is 5.32 Å². The van der Waals surface area contributed by atoms with Gasteiger partial charge in [-0.2, -0.15) is 0 Å². The monoisotopic (exact) mass is 486 g/mol. The predicted octanol–water partition coefficient (Wildman–Crippen LogP) is 3.84. The fourth-order valence-electron chi connectivity index (χ4n) is 4.03. The van der Waals surface area contributed by atoms with Crippen LogP contribution in [-0.4, -0.2) is 29.7 Å². The van der Waals surface area contributed by atoms with Crippen LogP contribution in [0, 0.1) is 10.8 Å². The molecule has 9 nitrogen and oxygen atoms in total. The topological polar surface area (TPSA) is 173 Å². The average molecular weight is 487 g/mol. The summed E-state index contributed by atoms with van der Waals surface area (Å²) < 4.78 is 12.0. The summed E-state index contributed by atoms with van der Waals surface area (Å²) >= 11 is 0. The summed E-state index contributed by atoms with van der Waals surface area (Å²) in [6.07, 6.45) is 3.46. The number of carbonyl (C=O) groups is 1. The molecule has 1 amide bonds. The Hall–Kier alpha value is -4.37. The Morgan fingerprint density at radius 2 is 1.14 bits per heavy atom. The maximum Gasteiger partial charge on any atom is 0.251 e. The molecule has 0 aliphatic heterocycles. The molecule has 0 radical (unpaired) electrons. The number of hydrogen-bond donors (Lipinski definition) is 6. The Morgan fingerprint density at radius 3 is 1.56 bits per heavy atom. The highest BCUT2D eigenvalue weighted by atomic mass is 16.5. The summed E-state index contributed by atoms with van der Waals surface area (Å²) in [6.45, 7) is 0. The second-order valence-corrected chi connectivity index (χ2v) is 8.86. The fourth-order valence-corrected chi connectivity index (χ4v) is 4.03. The molecule has 1 fully saturated rings. The number of hydrogen-bond acceptors (Lipinski definition) is 6. The first kappa shape index (κ1) is 24.7.